The first kappa shape index (κ1) is 82.9. The van der Waals surface area contributed by atoms with Crippen molar-refractivity contribution in [2.75, 3.05) is 12.4 Å². The third-order valence-electron chi connectivity index (χ3n) is 27.9. The highest BCUT2D eigenvalue weighted by atomic mass is 32.2. The molecule has 0 radical (unpaired) electrons. The van der Waals surface area contributed by atoms with Crippen LogP contribution in [0.2, 0.25) is 0 Å². The van der Waals surface area contributed by atoms with Gasteiger partial charge in [0.05, 0.1) is 60.0 Å². The van der Waals surface area contributed by atoms with Gasteiger partial charge in [0, 0.05) is 31.3 Å². The Balaban J connectivity index is 0.000000197. The van der Waals surface area contributed by atoms with E-state index >= 15 is 0 Å². The number of ether oxygens (including phenoxy) is 1. The number of aliphatic hydroxyl groups is 9. The average Bonchev–Trinajstić information content (AvgIpc) is 1.61. The summed E-state index contributed by atoms with van der Waals surface area (Å²) in [5, 5.41) is 92.1. The number of rotatable bonds is 21. The van der Waals surface area contributed by atoms with Crippen molar-refractivity contribution in [3.8, 4) is 5.75 Å². The Kier molecular flexibility index (Phi) is 28.6. The van der Waals surface area contributed by atoms with E-state index in [1.165, 1.54) is 107 Å². The average molecular weight is 1440 g/mol. The molecule has 0 spiro atoms. The van der Waals surface area contributed by atoms with Gasteiger partial charge in [0.25, 0.3) is 0 Å². The quantitative estimate of drug-likeness (QED) is 0.0427. The van der Waals surface area contributed by atoms with E-state index in [4.69, 9.17) is 4.74 Å². The summed E-state index contributed by atoms with van der Waals surface area (Å²) in [6, 6.07) is 16.2. The molecule has 0 bridgehead atoms. The number of allylic oxidation sites excluding steroid dienone is 9. The van der Waals surface area contributed by atoms with Crippen LogP contribution in [0.5, 0.6) is 5.75 Å². The summed E-state index contributed by atoms with van der Waals surface area (Å²) in [5.41, 5.74) is 10.6. The van der Waals surface area contributed by atoms with Crippen LogP contribution in [0, 0.1) is 69.5 Å². The molecule has 2 aromatic carbocycles. The van der Waals surface area contributed by atoms with Crippen LogP contribution < -0.4 is 4.74 Å². The summed E-state index contributed by atoms with van der Waals surface area (Å²) in [6.07, 6.45) is 37.8. The molecule has 103 heavy (non-hydrogen) atoms. The number of unbranched alkanes of at least 4 members (excludes halogenated alkanes) is 1. The van der Waals surface area contributed by atoms with Crippen LogP contribution in [0.1, 0.15) is 269 Å². The molecular formula is C92H140O10S. The second kappa shape index (κ2) is 35.5. The third-order valence-corrected chi connectivity index (χ3v) is 29.2. The maximum atomic E-state index is 10.6. The molecule has 2 aromatic rings. The predicted molar refractivity (Wildman–Crippen MR) is 427 cm³/mol. The Morgan fingerprint density at radius 3 is 1.32 bits per heavy atom. The van der Waals surface area contributed by atoms with Crippen molar-refractivity contribution in [3.63, 3.8) is 0 Å². The standard InChI is InChI=1S/C31H44O4.C31H44O3S.C30H50O3.H2/c2*1-20(19-35-26-10-6-9-24(17-26)30(3,4)34)27-13-14-28-22(8-7-15-31(27,28)5)11-12-23-16-25(32)18-29(33)21(23)2;1-6-30(33,7-2)18-9-8-11-21(3)26-15-16-27-23(12-10-17-29(26,27)5)13-14-24-19-25(31)20-28(32)22(24)4;/h2*6,9-12,17,20,25,27-29,32-34H,2,7-8,13-16,18-19H2,1,3-5H3;13-14,21,25-28,31-33H,4,6-12,15-20H2,1-3,5H3;1H/b2*22-11+,23-12-;23-13+,24-14-;/t20-,25+,27+,28-,29-,31+;20-,25+,27?,28-,29-,31+;21-,25-,26?,27+,28+,29-;/m001./s1/i;;;1+1. The summed E-state index contributed by atoms with van der Waals surface area (Å²) in [5.74, 6) is 7.68. The van der Waals surface area contributed by atoms with E-state index in [1.807, 2.05) is 55.9 Å². The predicted octanol–water partition coefficient (Wildman–Crippen LogP) is 20.0. The molecule has 9 aliphatic carbocycles. The van der Waals surface area contributed by atoms with Crippen LogP contribution in [0.15, 0.2) is 160 Å². The molecule has 18 atom stereocenters. The smallest absolute Gasteiger partial charge is 0.119 e. The number of benzene rings is 2. The SMILES string of the molecule is C=C1/C(=C\C=C2/CCC[C@]3(C)C([C@@H](C)CSc4cccc(C(C)(C)O)c4)CC[C@@H]23)C[C@@H](O)C[C@@H]1O.C=C1/C(=C\C=C2/CCC[C@]3(C)C([C@H](C)CCCCC(O)(CC)CC)CC[C@@H]23)C[C@@H](O)C[C@@H]1O.C=C1/C(=C\C=C2/CCC[C@]3(C)[C@@H]([C@@H](C)COc4cccc(C(C)(C)O)c4)CC[C@@H]23)C[C@@H](O)C[C@@H]1O.[2HH]. The van der Waals surface area contributed by atoms with Crippen LogP contribution in [-0.2, 0) is 11.2 Å². The number of fused-ring (bicyclic) bond motifs is 3. The fourth-order valence-corrected chi connectivity index (χ4v) is 22.5. The normalized spacial score (nSPS) is 35.3. The molecule has 11 heteroatoms. The molecule has 9 N–H and O–H groups in total. The minimum Gasteiger partial charge on any atom is -0.493 e. The molecule has 574 valence electrons. The first-order chi connectivity index (χ1) is 48.6. The zero-order chi connectivity index (χ0) is 75.0. The Bertz CT molecular complexity index is 3250. The van der Waals surface area contributed by atoms with Gasteiger partial charge in [-0.25, -0.2) is 0 Å². The van der Waals surface area contributed by atoms with Gasteiger partial charge in [0.2, 0.25) is 0 Å². The van der Waals surface area contributed by atoms with Gasteiger partial charge < -0.3 is 50.7 Å². The molecule has 2 unspecified atom stereocenters. The molecule has 9 aliphatic rings. The van der Waals surface area contributed by atoms with Crippen LogP contribution in [0.25, 0.3) is 0 Å². The second-order valence-corrected chi connectivity index (χ2v) is 37.0. The lowest BCUT2D eigenvalue weighted by Crippen LogP contribution is -2.37. The zero-order valence-electron chi connectivity index (χ0n) is 65.7. The topological polar surface area (TPSA) is 191 Å². The highest BCUT2D eigenvalue weighted by molar-refractivity contribution is 7.99. The number of thioether (sulfide) groups is 1. The highest BCUT2D eigenvalue weighted by Crippen LogP contribution is 2.63. The van der Waals surface area contributed by atoms with E-state index in [9.17, 15) is 46.0 Å². The van der Waals surface area contributed by atoms with Crippen molar-refractivity contribution in [2.45, 2.75) is 315 Å². The van der Waals surface area contributed by atoms with Gasteiger partial charge in [-0.1, -0.05) is 172 Å². The fraction of sp³-hybridized carbons (Fsp3) is 0.674. The Morgan fingerprint density at radius 1 is 0.524 bits per heavy atom. The van der Waals surface area contributed by atoms with Gasteiger partial charge in [-0.05, 0) is 301 Å². The summed E-state index contributed by atoms with van der Waals surface area (Å²) in [7, 11) is 0. The lowest BCUT2D eigenvalue weighted by Gasteiger charge is -2.44. The molecule has 9 fully saturated rings. The first-order valence-corrected chi connectivity index (χ1v) is 41.6. The van der Waals surface area contributed by atoms with Crippen molar-refractivity contribution < 1.29 is 52.1 Å². The highest BCUT2D eigenvalue weighted by Gasteiger charge is 2.53. The fourth-order valence-electron chi connectivity index (χ4n) is 21.4. The first-order valence-electron chi connectivity index (χ1n) is 40.6. The molecular weight excluding hydrogens is 1300 g/mol. The summed E-state index contributed by atoms with van der Waals surface area (Å²) in [4.78, 5) is 1.24. The summed E-state index contributed by atoms with van der Waals surface area (Å²) < 4.78 is 6.23. The van der Waals surface area contributed by atoms with E-state index in [1.54, 1.807) is 25.0 Å². The lowest BCUT2D eigenvalue weighted by molar-refractivity contribution is 0.0201. The van der Waals surface area contributed by atoms with Gasteiger partial charge in [0.1, 0.15) is 5.75 Å². The van der Waals surface area contributed by atoms with Crippen LogP contribution in [0.3, 0.4) is 0 Å². The third kappa shape index (κ3) is 20.2. The van der Waals surface area contributed by atoms with E-state index in [0.717, 1.165) is 106 Å². The molecule has 9 saturated carbocycles. The van der Waals surface area contributed by atoms with Crippen LogP contribution in [-0.4, -0.2) is 101 Å². The monoisotopic (exact) mass is 1440 g/mol. The van der Waals surface area contributed by atoms with Crippen LogP contribution in [0.4, 0.5) is 0 Å². The van der Waals surface area contributed by atoms with E-state index in [0.29, 0.717) is 97.4 Å². The van der Waals surface area contributed by atoms with Gasteiger partial charge in [-0.2, -0.15) is 0 Å². The largest absolute Gasteiger partial charge is 0.493 e. The molecule has 0 aliphatic heterocycles. The number of hydrogen-bond acceptors (Lipinski definition) is 11. The minimum absolute atomic E-state index is 0. The summed E-state index contributed by atoms with van der Waals surface area (Å²) in [6.45, 7) is 39.2. The van der Waals surface area contributed by atoms with Crippen molar-refractivity contribution in [1.82, 2.24) is 0 Å². The van der Waals surface area contributed by atoms with E-state index < -0.39 is 53.4 Å². The zero-order valence-corrected chi connectivity index (χ0v) is 66.5. The number of aliphatic hydroxyl groups excluding tert-OH is 6. The Hall–Kier alpha value is -4.11. The van der Waals surface area contributed by atoms with E-state index in [2.05, 4.69) is 130 Å². The molecule has 10 nitrogen and oxygen atoms in total. The maximum absolute atomic E-state index is 10.6. The van der Waals surface area contributed by atoms with Gasteiger partial charge in [-0.15, -0.1) is 11.8 Å². The molecule has 0 amide bonds. The molecule has 0 aromatic heterocycles. The second-order valence-electron chi connectivity index (χ2n) is 35.9. The Morgan fingerprint density at radius 2 is 0.913 bits per heavy atom. The Labute approximate surface area is 628 Å². The molecule has 11 rings (SSSR count). The van der Waals surface area contributed by atoms with Crippen molar-refractivity contribution in [1.29, 1.82) is 0 Å². The lowest BCUT2D eigenvalue weighted by atomic mass is 9.60. The van der Waals surface area contributed by atoms with Crippen molar-refractivity contribution in [3.05, 3.63) is 166 Å². The number of hydrogen-bond donors (Lipinski definition) is 9. The van der Waals surface area contributed by atoms with Crippen molar-refractivity contribution in [2.24, 2.45) is 69.5 Å². The van der Waals surface area contributed by atoms with Crippen LogP contribution >= 0.6 is 11.8 Å². The van der Waals surface area contributed by atoms with Gasteiger partial charge >= 0.3 is 0 Å². The van der Waals surface area contributed by atoms with Gasteiger partial charge in [-0.3, -0.25) is 0 Å². The molecule has 0 saturated heterocycles. The van der Waals surface area contributed by atoms with Gasteiger partial charge in [0.15, 0.2) is 0 Å². The summed E-state index contributed by atoms with van der Waals surface area (Å²) >= 11 is 1.92. The van der Waals surface area contributed by atoms with E-state index in [-0.39, 0.29) is 6.84 Å². The molecule has 0 heterocycles. The van der Waals surface area contributed by atoms with Crippen molar-refractivity contribution >= 4 is 11.8 Å². The maximum Gasteiger partial charge on any atom is 0.119 e. The minimum atomic E-state index is -0.878.